The second-order valence-electron chi connectivity index (χ2n) is 5.84. The van der Waals surface area contributed by atoms with Gasteiger partial charge in [0.15, 0.2) is 11.4 Å². The number of furan rings is 1. The van der Waals surface area contributed by atoms with Crippen LogP contribution in [0.2, 0.25) is 0 Å². The van der Waals surface area contributed by atoms with Gasteiger partial charge in [-0.3, -0.25) is 9.20 Å². The maximum atomic E-state index is 13.0. The molecule has 128 valence electrons. The molecule has 0 atom stereocenters. The molecule has 0 saturated heterocycles. The molecular weight excluding hydrogens is 354 g/mol. The average Bonchev–Trinajstić information content (AvgIpc) is 3.11. The number of anilines is 1. The van der Waals surface area contributed by atoms with Gasteiger partial charge in [0.1, 0.15) is 10.5 Å². The zero-order valence-corrected chi connectivity index (χ0v) is 14.0. The standard InChI is InChI=1S/C18H11N3O4S/c22-18-15(16-11(8-10-25-16)13-6-3-4-9-21(13)18)17-19-12-5-1-2-7-14(12)26(23,24)20-17/h1-10H,(H,19,20). The molecule has 0 unspecified atom stereocenters. The Morgan fingerprint density at radius 2 is 1.85 bits per heavy atom. The van der Waals surface area contributed by atoms with Crippen LogP contribution < -0.4 is 10.9 Å². The first-order chi connectivity index (χ1) is 12.6. The predicted octanol–water partition coefficient (Wildman–Crippen LogP) is 2.61. The van der Waals surface area contributed by atoms with E-state index in [1.807, 2.05) is 6.07 Å². The quantitative estimate of drug-likeness (QED) is 0.560. The highest BCUT2D eigenvalue weighted by atomic mass is 32.2. The Morgan fingerprint density at radius 1 is 1.04 bits per heavy atom. The van der Waals surface area contributed by atoms with Crippen LogP contribution in [0, 0.1) is 0 Å². The number of aromatic nitrogens is 1. The molecule has 1 N–H and O–H groups in total. The van der Waals surface area contributed by atoms with Crippen molar-refractivity contribution in [2.75, 3.05) is 5.32 Å². The number of hydrogen-bond acceptors (Lipinski definition) is 5. The summed E-state index contributed by atoms with van der Waals surface area (Å²) in [6.07, 6.45) is 3.09. The number of amidine groups is 1. The highest BCUT2D eigenvalue weighted by molar-refractivity contribution is 7.90. The summed E-state index contributed by atoms with van der Waals surface area (Å²) in [5.74, 6) is -0.0492. The van der Waals surface area contributed by atoms with E-state index in [0.29, 0.717) is 22.2 Å². The van der Waals surface area contributed by atoms with Gasteiger partial charge >= 0.3 is 0 Å². The summed E-state index contributed by atoms with van der Waals surface area (Å²) in [5, 5.41) is 3.65. The Labute approximate surface area is 147 Å². The van der Waals surface area contributed by atoms with Gasteiger partial charge < -0.3 is 9.73 Å². The second kappa shape index (κ2) is 5.06. The number of rotatable bonds is 1. The highest BCUT2D eigenvalue weighted by Crippen LogP contribution is 2.30. The van der Waals surface area contributed by atoms with Gasteiger partial charge in [0, 0.05) is 11.6 Å². The van der Waals surface area contributed by atoms with Crippen molar-refractivity contribution in [3.05, 3.63) is 76.9 Å². The summed E-state index contributed by atoms with van der Waals surface area (Å²) >= 11 is 0. The molecule has 0 radical (unpaired) electrons. The predicted molar refractivity (Wildman–Crippen MR) is 97.2 cm³/mol. The lowest BCUT2D eigenvalue weighted by molar-refractivity contribution is 0.598. The lowest BCUT2D eigenvalue weighted by Crippen LogP contribution is -2.30. The molecule has 4 aromatic rings. The Morgan fingerprint density at radius 3 is 2.73 bits per heavy atom. The third-order valence-corrected chi connectivity index (χ3v) is 5.66. The van der Waals surface area contributed by atoms with Crippen LogP contribution in [-0.2, 0) is 10.0 Å². The first-order valence-electron chi connectivity index (χ1n) is 7.78. The normalized spacial score (nSPS) is 15.5. The van der Waals surface area contributed by atoms with Gasteiger partial charge in [0.05, 0.1) is 17.5 Å². The number of sulfonamides is 1. The molecule has 1 aliphatic rings. The van der Waals surface area contributed by atoms with Crippen LogP contribution in [-0.4, -0.2) is 18.7 Å². The minimum Gasteiger partial charge on any atom is -0.463 e. The molecule has 7 nitrogen and oxygen atoms in total. The Bertz CT molecular complexity index is 1400. The summed E-state index contributed by atoms with van der Waals surface area (Å²) in [6, 6.07) is 13.5. The zero-order valence-electron chi connectivity index (χ0n) is 13.2. The van der Waals surface area contributed by atoms with Gasteiger partial charge in [0.25, 0.3) is 15.6 Å². The first kappa shape index (κ1) is 14.9. The van der Waals surface area contributed by atoms with E-state index in [1.165, 1.54) is 16.7 Å². The largest absolute Gasteiger partial charge is 0.463 e. The van der Waals surface area contributed by atoms with Crippen LogP contribution in [0.1, 0.15) is 5.56 Å². The zero-order chi connectivity index (χ0) is 17.9. The van der Waals surface area contributed by atoms with Crippen molar-refractivity contribution in [2.45, 2.75) is 4.90 Å². The second-order valence-corrected chi connectivity index (χ2v) is 7.41. The molecule has 1 aromatic carbocycles. The SMILES string of the molecule is O=c1c(C2=NS(=O)(=O)c3ccccc3N2)c2occc2c2ccccn12. The molecular formula is C18H11N3O4S. The van der Waals surface area contributed by atoms with Crippen molar-refractivity contribution < 1.29 is 12.8 Å². The Hall–Kier alpha value is -3.39. The molecule has 4 heterocycles. The van der Waals surface area contributed by atoms with Crippen LogP contribution in [0.5, 0.6) is 0 Å². The molecule has 0 amide bonds. The van der Waals surface area contributed by atoms with E-state index < -0.39 is 15.6 Å². The van der Waals surface area contributed by atoms with Crippen molar-refractivity contribution >= 4 is 38.0 Å². The molecule has 3 aromatic heterocycles. The summed E-state index contributed by atoms with van der Waals surface area (Å²) in [4.78, 5) is 13.1. The van der Waals surface area contributed by atoms with Gasteiger partial charge in [0.2, 0.25) is 0 Å². The van der Waals surface area contributed by atoms with E-state index >= 15 is 0 Å². The molecule has 0 spiro atoms. The number of para-hydroxylation sites is 1. The van der Waals surface area contributed by atoms with Crippen molar-refractivity contribution in [1.82, 2.24) is 4.40 Å². The lowest BCUT2D eigenvalue weighted by atomic mass is 10.1. The third-order valence-electron chi connectivity index (χ3n) is 4.33. The number of fused-ring (bicyclic) bond motifs is 4. The van der Waals surface area contributed by atoms with Crippen LogP contribution in [0.4, 0.5) is 5.69 Å². The maximum absolute atomic E-state index is 13.0. The Balaban J connectivity index is 1.89. The van der Waals surface area contributed by atoms with Crippen LogP contribution >= 0.6 is 0 Å². The van der Waals surface area contributed by atoms with Crippen LogP contribution in [0.15, 0.2) is 79.5 Å². The minimum absolute atomic E-state index is 0.0492. The number of pyridine rings is 2. The Kier molecular flexibility index (Phi) is 2.90. The topological polar surface area (TPSA) is 93.1 Å². The molecule has 5 rings (SSSR count). The third kappa shape index (κ3) is 1.96. The van der Waals surface area contributed by atoms with E-state index in [2.05, 4.69) is 9.71 Å². The fourth-order valence-corrected chi connectivity index (χ4v) is 4.32. The molecule has 0 aliphatic carbocycles. The van der Waals surface area contributed by atoms with E-state index in [-0.39, 0.29) is 16.3 Å². The average molecular weight is 365 g/mol. The molecule has 1 aliphatic heterocycles. The molecule has 0 bridgehead atoms. The first-order valence-corrected chi connectivity index (χ1v) is 9.22. The summed E-state index contributed by atoms with van der Waals surface area (Å²) in [5.41, 5.74) is 0.997. The minimum atomic E-state index is -3.93. The monoisotopic (exact) mass is 365 g/mol. The van der Waals surface area contributed by atoms with E-state index in [1.54, 1.807) is 42.6 Å². The number of benzene rings is 1. The molecule has 8 heteroatoms. The number of nitrogens with one attached hydrogen (secondary N) is 1. The molecule has 26 heavy (non-hydrogen) atoms. The maximum Gasteiger partial charge on any atom is 0.286 e. The van der Waals surface area contributed by atoms with Gasteiger partial charge in [-0.1, -0.05) is 18.2 Å². The van der Waals surface area contributed by atoms with Gasteiger partial charge in [-0.25, -0.2) is 0 Å². The van der Waals surface area contributed by atoms with Crippen molar-refractivity contribution in [1.29, 1.82) is 0 Å². The highest BCUT2D eigenvalue weighted by Gasteiger charge is 2.29. The van der Waals surface area contributed by atoms with Gasteiger partial charge in [-0.2, -0.15) is 8.42 Å². The van der Waals surface area contributed by atoms with Gasteiger partial charge in [-0.15, -0.1) is 4.40 Å². The van der Waals surface area contributed by atoms with Crippen molar-refractivity contribution in [3.63, 3.8) is 0 Å². The van der Waals surface area contributed by atoms with E-state index in [9.17, 15) is 13.2 Å². The number of nitrogens with zero attached hydrogens (tertiary/aromatic N) is 2. The molecule has 0 saturated carbocycles. The summed E-state index contributed by atoms with van der Waals surface area (Å²) in [7, 11) is -3.93. The van der Waals surface area contributed by atoms with Crippen LogP contribution in [0.3, 0.4) is 0 Å². The van der Waals surface area contributed by atoms with E-state index in [4.69, 9.17) is 4.42 Å². The smallest absolute Gasteiger partial charge is 0.286 e. The van der Waals surface area contributed by atoms with Crippen molar-refractivity contribution in [2.24, 2.45) is 4.40 Å². The van der Waals surface area contributed by atoms with Gasteiger partial charge in [-0.05, 0) is 30.3 Å². The summed E-state index contributed by atoms with van der Waals surface area (Å²) < 4.78 is 35.9. The summed E-state index contributed by atoms with van der Waals surface area (Å²) in [6.45, 7) is 0. The lowest BCUT2D eigenvalue weighted by Gasteiger charge is -2.18. The fraction of sp³-hybridized carbons (Fsp3) is 0. The molecule has 0 fully saturated rings. The number of hydrogen-bond donors (Lipinski definition) is 1. The van der Waals surface area contributed by atoms with Crippen molar-refractivity contribution in [3.8, 4) is 0 Å². The van der Waals surface area contributed by atoms with E-state index in [0.717, 1.165) is 0 Å². The van der Waals surface area contributed by atoms with Crippen LogP contribution in [0.25, 0.3) is 16.5 Å². The fourth-order valence-electron chi connectivity index (χ4n) is 3.19.